The zero-order chi connectivity index (χ0) is 23.8. The Morgan fingerprint density at radius 3 is 2.23 bits per heavy atom. The van der Waals surface area contributed by atoms with Crippen molar-refractivity contribution in [3.63, 3.8) is 0 Å². The summed E-state index contributed by atoms with van der Waals surface area (Å²) in [6, 6.07) is 22.2. The first-order valence-corrected chi connectivity index (χ1v) is 12.4. The smallest absolute Gasteiger partial charge is 0.410 e. The second-order valence-electron chi connectivity index (χ2n) is 10.0. The van der Waals surface area contributed by atoms with Crippen LogP contribution in [0.4, 0.5) is 4.79 Å². The summed E-state index contributed by atoms with van der Waals surface area (Å²) in [6.07, 6.45) is 3.78. The molecule has 1 amide bonds. The highest BCUT2D eigenvalue weighted by Crippen LogP contribution is 2.45. The predicted octanol–water partition coefficient (Wildman–Crippen LogP) is 4.56. The standard InChI is InChI=1S/C29H30N2O4/c32-28(35-19-27-25-10-3-1-8-23(25)24-9-2-4-11-26(24)27)31-21-15-29(33,16-22(31)18-34-17-21)13-12-20-7-5-6-14-30-20/h1-11,14,21-22,27,33H,12-13,15-19H2. The fourth-order valence-electron chi connectivity index (χ4n) is 6.15. The third-order valence-electron chi connectivity index (χ3n) is 7.76. The van der Waals surface area contributed by atoms with Gasteiger partial charge in [-0.1, -0.05) is 54.6 Å². The van der Waals surface area contributed by atoms with Crippen LogP contribution >= 0.6 is 0 Å². The van der Waals surface area contributed by atoms with Gasteiger partial charge < -0.3 is 14.6 Å². The Morgan fingerprint density at radius 1 is 0.971 bits per heavy atom. The zero-order valence-electron chi connectivity index (χ0n) is 19.7. The number of carbonyl (C=O) groups excluding carboxylic acids is 1. The molecule has 0 radical (unpaired) electrons. The van der Waals surface area contributed by atoms with Crippen molar-refractivity contribution in [1.82, 2.24) is 9.88 Å². The molecule has 180 valence electrons. The number of fused-ring (bicyclic) bond motifs is 5. The number of pyridine rings is 1. The summed E-state index contributed by atoms with van der Waals surface area (Å²) >= 11 is 0. The number of carbonyl (C=O) groups is 1. The summed E-state index contributed by atoms with van der Waals surface area (Å²) in [5.41, 5.74) is 4.97. The molecule has 2 unspecified atom stereocenters. The van der Waals surface area contributed by atoms with E-state index in [2.05, 4.69) is 29.2 Å². The van der Waals surface area contributed by atoms with Gasteiger partial charge in [0.05, 0.1) is 30.9 Å². The first-order valence-electron chi connectivity index (χ1n) is 12.4. The molecule has 0 spiro atoms. The van der Waals surface area contributed by atoms with Gasteiger partial charge in [-0.25, -0.2) is 4.79 Å². The summed E-state index contributed by atoms with van der Waals surface area (Å²) in [7, 11) is 0. The molecule has 1 aromatic heterocycles. The fourth-order valence-corrected chi connectivity index (χ4v) is 6.15. The number of ether oxygens (including phenoxy) is 2. The van der Waals surface area contributed by atoms with Crippen LogP contribution in [0.2, 0.25) is 0 Å². The van der Waals surface area contributed by atoms with Gasteiger partial charge in [0.1, 0.15) is 6.61 Å². The molecule has 3 heterocycles. The number of benzene rings is 2. The van der Waals surface area contributed by atoms with Crippen LogP contribution in [0, 0.1) is 0 Å². The summed E-state index contributed by atoms with van der Waals surface area (Å²) < 4.78 is 11.7. The Bertz CT molecular complexity index is 1150. The Hall–Kier alpha value is -3.22. The molecule has 6 rings (SSSR count). The van der Waals surface area contributed by atoms with E-state index in [4.69, 9.17) is 9.47 Å². The van der Waals surface area contributed by atoms with Crippen molar-refractivity contribution in [2.45, 2.75) is 49.3 Å². The molecular formula is C29H30N2O4. The van der Waals surface area contributed by atoms with Gasteiger partial charge in [-0.2, -0.15) is 0 Å². The van der Waals surface area contributed by atoms with Crippen molar-refractivity contribution in [2.24, 2.45) is 0 Å². The van der Waals surface area contributed by atoms with Gasteiger partial charge in [-0.05, 0) is 60.1 Å². The first-order chi connectivity index (χ1) is 17.1. The van der Waals surface area contributed by atoms with Crippen molar-refractivity contribution < 1.29 is 19.4 Å². The van der Waals surface area contributed by atoms with Gasteiger partial charge in [0, 0.05) is 17.8 Å². The number of nitrogens with zero attached hydrogens (tertiary/aromatic N) is 2. The number of rotatable bonds is 5. The minimum atomic E-state index is -0.837. The van der Waals surface area contributed by atoms with E-state index in [0.717, 1.165) is 5.69 Å². The van der Waals surface area contributed by atoms with Crippen LogP contribution in [-0.4, -0.2) is 58.6 Å². The molecule has 2 saturated heterocycles. The lowest BCUT2D eigenvalue weighted by molar-refractivity contribution is -0.135. The number of hydrogen-bond donors (Lipinski definition) is 1. The molecule has 2 fully saturated rings. The van der Waals surface area contributed by atoms with Crippen molar-refractivity contribution >= 4 is 6.09 Å². The van der Waals surface area contributed by atoms with E-state index in [1.54, 1.807) is 6.20 Å². The molecule has 6 heteroatoms. The van der Waals surface area contributed by atoms with Crippen molar-refractivity contribution in [2.75, 3.05) is 19.8 Å². The summed E-state index contributed by atoms with van der Waals surface area (Å²) in [5, 5.41) is 11.4. The van der Waals surface area contributed by atoms with Gasteiger partial charge >= 0.3 is 6.09 Å². The maximum atomic E-state index is 13.3. The fraction of sp³-hybridized carbons (Fsp3) is 0.379. The lowest BCUT2D eigenvalue weighted by Crippen LogP contribution is -2.63. The molecule has 6 nitrogen and oxygen atoms in total. The molecule has 3 aliphatic rings. The number of aryl methyl sites for hydroxylation is 1. The van der Waals surface area contributed by atoms with E-state index in [-0.39, 0.29) is 24.1 Å². The van der Waals surface area contributed by atoms with Crippen LogP contribution in [0.5, 0.6) is 0 Å². The largest absolute Gasteiger partial charge is 0.448 e. The monoisotopic (exact) mass is 470 g/mol. The first kappa shape index (κ1) is 22.3. The molecule has 1 N–H and O–H groups in total. The quantitative estimate of drug-likeness (QED) is 0.592. The highest BCUT2D eigenvalue weighted by atomic mass is 16.6. The third kappa shape index (κ3) is 4.21. The Balaban J connectivity index is 1.14. The lowest BCUT2D eigenvalue weighted by atomic mass is 9.78. The highest BCUT2D eigenvalue weighted by Gasteiger charge is 2.48. The van der Waals surface area contributed by atoms with E-state index in [9.17, 15) is 9.90 Å². The predicted molar refractivity (Wildman–Crippen MR) is 132 cm³/mol. The molecule has 2 aromatic carbocycles. The number of hydrogen-bond acceptors (Lipinski definition) is 5. The zero-order valence-corrected chi connectivity index (χ0v) is 19.7. The average Bonchev–Trinajstić information content (AvgIpc) is 3.20. The molecule has 3 aromatic rings. The van der Waals surface area contributed by atoms with Crippen LogP contribution in [0.3, 0.4) is 0 Å². The number of piperidine rings is 1. The second kappa shape index (κ2) is 9.10. The van der Waals surface area contributed by atoms with Gasteiger partial charge in [0.2, 0.25) is 0 Å². The molecular weight excluding hydrogens is 440 g/mol. The van der Waals surface area contributed by atoms with Crippen molar-refractivity contribution in [3.05, 3.63) is 89.7 Å². The van der Waals surface area contributed by atoms with Gasteiger partial charge in [-0.15, -0.1) is 0 Å². The number of aromatic nitrogens is 1. The SMILES string of the molecule is O=C(OCC1c2ccccc2-c2ccccc21)N1C2COCC1CC(O)(CCc1ccccn1)C2. The van der Waals surface area contributed by atoms with Crippen LogP contribution < -0.4 is 0 Å². The molecule has 2 bridgehead atoms. The third-order valence-corrected chi connectivity index (χ3v) is 7.76. The Labute approximate surface area is 205 Å². The second-order valence-corrected chi connectivity index (χ2v) is 10.0. The minimum Gasteiger partial charge on any atom is -0.448 e. The summed E-state index contributed by atoms with van der Waals surface area (Å²) in [5.74, 6) is 0.0301. The van der Waals surface area contributed by atoms with Crippen LogP contribution in [0.1, 0.15) is 42.0 Å². The topological polar surface area (TPSA) is 71.9 Å². The minimum absolute atomic E-state index is 0.0301. The number of amides is 1. The van der Waals surface area contributed by atoms with E-state index >= 15 is 0 Å². The number of aliphatic hydroxyl groups is 1. The van der Waals surface area contributed by atoms with Crippen molar-refractivity contribution in [3.8, 4) is 11.1 Å². The molecule has 35 heavy (non-hydrogen) atoms. The van der Waals surface area contributed by atoms with Crippen LogP contribution in [-0.2, 0) is 15.9 Å². The maximum Gasteiger partial charge on any atom is 0.410 e. The summed E-state index contributed by atoms with van der Waals surface area (Å²) in [6.45, 7) is 1.15. The van der Waals surface area contributed by atoms with Gasteiger partial charge in [0.15, 0.2) is 0 Å². The maximum absolute atomic E-state index is 13.3. The average molecular weight is 471 g/mol. The summed E-state index contributed by atoms with van der Waals surface area (Å²) in [4.78, 5) is 19.5. The molecule has 2 aliphatic heterocycles. The van der Waals surface area contributed by atoms with Crippen LogP contribution in [0.15, 0.2) is 72.9 Å². The normalized spacial score (nSPS) is 25.1. The lowest BCUT2D eigenvalue weighted by Gasteiger charge is -2.51. The highest BCUT2D eigenvalue weighted by molar-refractivity contribution is 5.79. The van der Waals surface area contributed by atoms with E-state index < -0.39 is 5.60 Å². The number of morpholine rings is 1. The van der Waals surface area contributed by atoms with E-state index in [0.29, 0.717) is 45.5 Å². The molecule has 1 aliphatic carbocycles. The van der Waals surface area contributed by atoms with Crippen LogP contribution in [0.25, 0.3) is 11.1 Å². The molecule has 2 atom stereocenters. The van der Waals surface area contributed by atoms with Crippen molar-refractivity contribution in [1.29, 1.82) is 0 Å². The van der Waals surface area contributed by atoms with E-state index in [1.807, 2.05) is 47.4 Å². The van der Waals surface area contributed by atoms with Gasteiger partial charge in [0.25, 0.3) is 0 Å². The Morgan fingerprint density at radius 2 is 1.60 bits per heavy atom. The van der Waals surface area contributed by atoms with E-state index in [1.165, 1.54) is 22.3 Å². The molecule has 0 saturated carbocycles. The Kier molecular flexibility index (Phi) is 5.78. The van der Waals surface area contributed by atoms with Gasteiger partial charge in [-0.3, -0.25) is 9.88 Å².